The minimum absolute atomic E-state index is 0.0657. The Hall–Kier alpha value is -6.64. The molecule has 5 rings (SSSR count). The van der Waals surface area contributed by atoms with E-state index in [9.17, 15) is 47.9 Å². The maximum absolute atomic E-state index is 14.6. The lowest BCUT2D eigenvalue weighted by molar-refractivity contribution is -0.151. The summed E-state index contributed by atoms with van der Waals surface area (Å²) in [6.45, 7) is 5.44. The van der Waals surface area contributed by atoms with Crippen molar-refractivity contribution in [1.29, 1.82) is 0 Å². The van der Waals surface area contributed by atoms with Gasteiger partial charge in [-0.25, -0.2) is 0 Å². The van der Waals surface area contributed by atoms with Gasteiger partial charge in [-0.3, -0.25) is 53.1 Å². The monoisotopic (exact) mass is 1080 g/mol. The van der Waals surface area contributed by atoms with Crippen LogP contribution in [0.25, 0.3) is 0 Å². The smallest absolute Gasteiger partial charge is 0.246 e. The topological polar surface area (TPSA) is 416 Å². The van der Waals surface area contributed by atoms with Crippen LogP contribution in [0.15, 0.2) is 9.98 Å². The van der Waals surface area contributed by atoms with Crippen molar-refractivity contribution in [3.8, 4) is 0 Å². The number of hydrogen-bond donors (Lipinski definition) is 10. The van der Waals surface area contributed by atoms with Crippen molar-refractivity contribution in [2.75, 3.05) is 58.9 Å². The molecule has 5 saturated heterocycles. The molecule has 0 aromatic heterocycles. The average Bonchev–Trinajstić information content (AvgIpc) is 4.28. The molecule has 5 aliphatic rings. The molecule has 16 N–H and O–H groups in total. The molecule has 0 radical (unpaired) electrons. The molecule has 0 saturated carbocycles. The van der Waals surface area contributed by atoms with Crippen molar-refractivity contribution >= 4 is 71.4 Å². The SMILES string of the molecule is CC(C)[C@H](NC(=O)[C@@H]1CCCN1C(=O)[C@H](CCCCN)NC(=O)[C@@H]1CCCN1C(=O)[C@@H](N)CCCN=C(N)N)C(=O)N1CCC[C@H]1C(=O)N1CCC[C@H]1C(=O)N1CCC[C@H]1C(=O)N[C@@H](CCCN=C(N)N)C(=O)NCC=O. The van der Waals surface area contributed by atoms with Gasteiger partial charge in [-0.05, 0) is 122 Å². The summed E-state index contributed by atoms with van der Waals surface area (Å²) >= 11 is 0. The Balaban J connectivity index is 1.23. The molecule has 27 nitrogen and oxygen atoms in total. The van der Waals surface area contributed by atoms with E-state index in [0.717, 1.165) is 0 Å². The Morgan fingerprint density at radius 3 is 1.45 bits per heavy atom. The molecular formula is C50H85N17O10. The van der Waals surface area contributed by atoms with Crippen molar-refractivity contribution in [2.45, 2.75) is 177 Å². The number of likely N-dealkylation sites (tertiary alicyclic amines) is 5. The molecule has 77 heavy (non-hydrogen) atoms. The molecule has 9 amide bonds. The van der Waals surface area contributed by atoms with Gasteiger partial charge in [0.2, 0.25) is 53.2 Å². The number of rotatable bonds is 27. The Morgan fingerprint density at radius 1 is 0.532 bits per heavy atom. The van der Waals surface area contributed by atoms with Gasteiger partial charge < -0.3 is 85.0 Å². The third-order valence-corrected chi connectivity index (χ3v) is 15.2. The zero-order valence-corrected chi connectivity index (χ0v) is 44.9. The Bertz CT molecular complexity index is 2170. The van der Waals surface area contributed by atoms with Crippen molar-refractivity contribution in [1.82, 2.24) is 45.8 Å². The van der Waals surface area contributed by atoms with Crippen LogP contribution in [-0.2, 0) is 47.9 Å². The largest absolute Gasteiger partial charge is 0.370 e. The number of carbonyl (C=O) groups excluding carboxylic acids is 10. The summed E-state index contributed by atoms with van der Waals surface area (Å²) in [7, 11) is 0. The molecule has 430 valence electrons. The van der Waals surface area contributed by atoms with Crippen LogP contribution >= 0.6 is 0 Å². The van der Waals surface area contributed by atoms with Crippen LogP contribution in [0.3, 0.4) is 0 Å². The number of aldehydes is 1. The van der Waals surface area contributed by atoms with Crippen LogP contribution < -0.4 is 55.7 Å². The Labute approximate surface area is 450 Å². The standard InChI is InChI=1S/C50H85N17O10/c1-30(2)39(62-43(72)36-17-8-25-64(36)45(74)33(13-3-4-20-51)61-42(71)34-15-7-24-63(34)44(73)31(52)12-5-21-58-49(53)54)48(77)67-28-11-19-38(67)47(76)66-27-10-18-37(66)46(75)65-26-9-16-35(65)41(70)60-32(40(69)57-23-29-68)14-6-22-59-50(55)56/h29-39H,3-28,51-52H2,1-2H3,(H,57,69)(H,60,70)(H,61,71)(H,62,72)(H4,53,54,58)(H4,55,56,59)/t31-,32-,33-,34-,35-,36-,37-,38-,39-/m0/s1. The Kier molecular flexibility index (Phi) is 23.7. The second kappa shape index (κ2) is 29.8. The van der Waals surface area contributed by atoms with E-state index < -0.39 is 108 Å². The van der Waals surface area contributed by atoms with Crippen molar-refractivity contribution < 1.29 is 47.9 Å². The highest BCUT2D eigenvalue weighted by molar-refractivity contribution is 5.99. The fourth-order valence-electron chi connectivity index (χ4n) is 11.2. The second-order valence-electron chi connectivity index (χ2n) is 21.0. The second-order valence-corrected chi connectivity index (χ2v) is 21.0. The van der Waals surface area contributed by atoms with Gasteiger partial charge in [0.15, 0.2) is 11.9 Å². The minimum atomic E-state index is -1.08. The molecule has 0 spiro atoms. The zero-order valence-electron chi connectivity index (χ0n) is 44.9. The lowest BCUT2D eigenvalue weighted by Crippen LogP contribution is -2.60. The van der Waals surface area contributed by atoms with Gasteiger partial charge >= 0.3 is 0 Å². The molecule has 0 bridgehead atoms. The number of aliphatic imine (C=N–C) groups is 2. The number of nitrogens with zero attached hydrogens (tertiary/aromatic N) is 7. The summed E-state index contributed by atoms with van der Waals surface area (Å²) in [5, 5.41) is 11.0. The van der Waals surface area contributed by atoms with Crippen LogP contribution in [0, 0.1) is 5.92 Å². The lowest BCUT2D eigenvalue weighted by atomic mass is 10.0. The number of hydrogen-bond acceptors (Lipinski definition) is 14. The van der Waals surface area contributed by atoms with Gasteiger partial charge in [-0.1, -0.05) is 13.8 Å². The van der Waals surface area contributed by atoms with E-state index in [1.807, 2.05) is 0 Å². The third-order valence-electron chi connectivity index (χ3n) is 15.2. The summed E-state index contributed by atoms with van der Waals surface area (Å²) in [5.74, 6) is -4.95. The van der Waals surface area contributed by atoms with E-state index >= 15 is 0 Å². The fraction of sp³-hybridized carbons (Fsp3) is 0.760. The predicted molar refractivity (Wildman–Crippen MR) is 284 cm³/mol. The first-order chi connectivity index (χ1) is 36.8. The lowest BCUT2D eigenvalue weighted by Gasteiger charge is -2.36. The minimum Gasteiger partial charge on any atom is -0.370 e. The maximum atomic E-state index is 14.6. The molecule has 0 aromatic carbocycles. The van der Waals surface area contributed by atoms with E-state index in [-0.39, 0.29) is 69.9 Å². The highest BCUT2D eigenvalue weighted by Crippen LogP contribution is 2.30. The summed E-state index contributed by atoms with van der Waals surface area (Å²) in [5.41, 5.74) is 33.7. The summed E-state index contributed by atoms with van der Waals surface area (Å²) in [6, 6.07) is -8.56. The highest BCUT2D eigenvalue weighted by atomic mass is 16.2. The molecule has 5 aliphatic heterocycles. The van der Waals surface area contributed by atoms with Crippen molar-refractivity contribution in [3.63, 3.8) is 0 Å². The Morgan fingerprint density at radius 2 is 0.948 bits per heavy atom. The quantitative estimate of drug-likeness (QED) is 0.0162. The molecule has 0 aliphatic carbocycles. The number of unbranched alkanes of at least 4 members (excludes halogenated alkanes) is 1. The highest BCUT2D eigenvalue weighted by Gasteiger charge is 2.48. The number of amides is 9. The van der Waals surface area contributed by atoms with Crippen LogP contribution in [0.4, 0.5) is 0 Å². The first-order valence-corrected chi connectivity index (χ1v) is 27.5. The molecule has 5 heterocycles. The van der Waals surface area contributed by atoms with Crippen LogP contribution in [0.5, 0.6) is 0 Å². The van der Waals surface area contributed by atoms with E-state index in [1.54, 1.807) is 13.8 Å². The summed E-state index contributed by atoms with van der Waals surface area (Å²) in [4.78, 5) is 153. The normalized spacial score (nSPS) is 22.7. The van der Waals surface area contributed by atoms with Crippen molar-refractivity contribution in [2.24, 2.45) is 50.3 Å². The van der Waals surface area contributed by atoms with E-state index in [0.29, 0.717) is 122 Å². The van der Waals surface area contributed by atoms with E-state index in [4.69, 9.17) is 34.4 Å². The van der Waals surface area contributed by atoms with Crippen LogP contribution in [0.2, 0.25) is 0 Å². The van der Waals surface area contributed by atoms with Gasteiger partial charge in [0.05, 0.1) is 12.6 Å². The van der Waals surface area contributed by atoms with Crippen molar-refractivity contribution in [3.05, 3.63) is 0 Å². The molecule has 27 heteroatoms. The van der Waals surface area contributed by atoms with Gasteiger partial charge in [0.25, 0.3) is 0 Å². The average molecular weight is 1080 g/mol. The first kappa shape index (κ1) is 61.2. The number of guanidine groups is 2. The van der Waals surface area contributed by atoms with Gasteiger partial charge in [-0.2, -0.15) is 0 Å². The molecule has 0 unspecified atom stereocenters. The third kappa shape index (κ3) is 16.4. The summed E-state index contributed by atoms with van der Waals surface area (Å²) < 4.78 is 0. The number of nitrogens with one attached hydrogen (secondary N) is 4. The van der Waals surface area contributed by atoms with Gasteiger partial charge in [0.1, 0.15) is 54.6 Å². The van der Waals surface area contributed by atoms with Crippen LogP contribution in [0.1, 0.15) is 123 Å². The van der Waals surface area contributed by atoms with E-state index in [1.165, 1.54) is 24.5 Å². The van der Waals surface area contributed by atoms with Gasteiger partial charge in [-0.15, -0.1) is 0 Å². The van der Waals surface area contributed by atoms with E-state index in [2.05, 4.69) is 31.3 Å². The molecule has 9 atom stereocenters. The molecule has 5 fully saturated rings. The molecular weight excluding hydrogens is 999 g/mol. The predicted octanol–water partition coefficient (Wildman–Crippen LogP) is -4.07. The number of carbonyl (C=O) groups is 10. The first-order valence-electron chi connectivity index (χ1n) is 27.5. The van der Waals surface area contributed by atoms with Crippen LogP contribution in [-0.4, -0.2) is 209 Å². The summed E-state index contributed by atoms with van der Waals surface area (Å²) in [6.07, 6.45) is 7.34. The number of nitrogens with two attached hydrogens (primary N) is 6. The maximum Gasteiger partial charge on any atom is 0.246 e. The molecule has 0 aromatic rings. The fourth-order valence-corrected chi connectivity index (χ4v) is 11.2. The van der Waals surface area contributed by atoms with Gasteiger partial charge in [0, 0.05) is 45.8 Å². The zero-order chi connectivity index (χ0) is 56.3.